The molecule has 1 aliphatic rings. The number of primary amides is 1. The maximum absolute atomic E-state index is 10.3. The van der Waals surface area contributed by atoms with Gasteiger partial charge in [0.25, 0.3) is 0 Å². The van der Waals surface area contributed by atoms with E-state index >= 15 is 0 Å². The van der Waals surface area contributed by atoms with E-state index in [1.807, 2.05) is 0 Å². The van der Waals surface area contributed by atoms with Gasteiger partial charge in [-0.05, 0) is 6.42 Å². The standard InChI is InChI=1S/C4H9N3O/c5-4(8)3-1-2-7(3)6/h3H,1-2,6H2,(H2,5,8). The van der Waals surface area contributed by atoms with Crippen LogP contribution in [0.4, 0.5) is 0 Å². The smallest absolute Gasteiger partial charge is 0.236 e. The number of carbonyl (C=O) groups excluding carboxylic acids is 1. The summed E-state index contributed by atoms with van der Waals surface area (Å²) in [5, 5.41) is 1.45. The molecule has 0 aromatic heterocycles. The Hall–Kier alpha value is -0.610. The molecule has 1 aliphatic heterocycles. The van der Waals surface area contributed by atoms with Crippen molar-refractivity contribution in [3.8, 4) is 0 Å². The lowest BCUT2D eigenvalue weighted by molar-refractivity contribution is -0.127. The first-order valence-electron chi connectivity index (χ1n) is 2.52. The van der Waals surface area contributed by atoms with Gasteiger partial charge >= 0.3 is 0 Å². The van der Waals surface area contributed by atoms with E-state index in [4.69, 9.17) is 11.6 Å². The summed E-state index contributed by atoms with van der Waals surface area (Å²) in [5.74, 6) is 4.94. The Balaban J connectivity index is 2.37. The van der Waals surface area contributed by atoms with E-state index in [2.05, 4.69) is 0 Å². The summed E-state index contributed by atoms with van der Waals surface area (Å²) in [6.45, 7) is 0.785. The summed E-state index contributed by atoms with van der Waals surface area (Å²) < 4.78 is 0. The van der Waals surface area contributed by atoms with Gasteiger partial charge in [0.15, 0.2) is 0 Å². The molecule has 0 aromatic carbocycles. The van der Waals surface area contributed by atoms with Crippen molar-refractivity contribution in [2.24, 2.45) is 11.6 Å². The number of rotatable bonds is 1. The number of hydrogen-bond acceptors (Lipinski definition) is 3. The highest BCUT2D eigenvalue weighted by Crippen LogP contribution is 2.09. The van der Waals surface area contributed by atoms with Crippen molar-refractivity contribution in [1.29, 1.82) is 0 Å². The number of hydrazine groups is 1. The summed E-state index contributed by atoms with van der Waals surface area (Å²) in [7, 11) is 0. The normalized spacial score (nSPS) is 29.4. The van der Waals surface area contributed by atoms with Gasteiger partial charge in [-0.25, -0.2) is 5.01 Å². The van der Waals surface area contributed by atoms with E-state index in [0.29, 0.717) is 0 Å². The molecular formula is C4H9N3O. The zero-order valence-corrected chi connectivity index (χ0v) is 4.50. The average Bonchev–Trinajstić information content (AvgIpc) is 1.61. The second-order valence-electron chi connectivity index (χ2n) is 1.94. The molecule has 1 amide bonds. The van der Waals surface area contributed by atoms with E-state index in [1.165, 1.54) is 5.01 Å². The lowest BCUT2D eigenvalue weighted by Gasteiger charge is -2.34. The Kier molecular flexibility index (Phi) is 1.19. The molecule has 1 unspecified atom stereocenters. The molecule has 4 nitrogen and oxygen atoms in total. The second kappa shape index (κ2) is 1.72. The number of amides is 1. The van der Waals surface area contributed by atoms with Gasteiger partial charge in [-0.3, -0.25) is 10.6 Å². The zero-order valence-electron chi connectivity index (χ0n) is 4.50. The van der Waals surface area contributed by atoms with Crippen molar-refractivity contribution in [1.82, 2.24) is 5.01 Å². The molecule has 1 heterocycles. The van der Waals surface area contributed by atoms with Crippen LogP contribution in [0.15, 0.2) is 0 Å². The van der Waals surface area contributed by atoms with E-state index in [9.17, 15) is 4.79 Å². The first-order chi connectivity index (χ1) is 3.72. The van der Waals surface area contributed by atoms with Crippen molar-refractivity contribution >= 4 is 5.91 Å². The molecule has 4 heteroatoms. The predicted molar refractivity (Wildman–Crippen MR) is 28.5 cm³/mol. The first-order valence-corrected chi connectivity index (χ1v) is 2.52. The van der Waals surface area contributed by atoms with Gasteiger partial charge in [0, 0.05) is 6.54 Å². The largest absolute Gasteiger partial charge is 0.368 e. The molecule has 0 aromatic rings. The number of carbonyl (C=O) groups is 1. The number of nitrogens with zero attached hydrogens (tertiary/aromatic N) is 1. The van der Waals surface area contributed by atoms with Gasteiger partial charge in [0.1, 0.15) is 6.04 Å². The Labute approximate surface area is 47.4 Å². The van der Waals surface area contributed by atoms with Gasteiger partial charge in [-0.1, -0.05) is 0 Å². The molecule has 0 saturated carbocycles. The Bertz CT molecular complexity index is 114. The first kappa shape index (κ1) is 5.53. The maximum Gasteiger partial charge on any atom is 0.236 e. The summed E-state index contributed by atoms with van der Waals surface area (Å²) in [4.78, 5) is 10.3. The molecule has 8 heavy (non-hydrogen) atoms. The van der Waals surface area contributed by atoms with Crippen molar-refractivity contribution in [2.45, 2.75) is 12.5 Å². The minimum atomic E-state index is -0.321. The van der Waals surface area contributed by atoms with Crippen molar-refractivity contribution in [3.05, 3.63) is 0 Å². The zero-order chi connectivity index (χ0) is 6.15. The number of nitrogens with two attached hydrogens (primary N) is 2. The van der Waals surface area contributed by atoms with Gasteiger partial charge in [-0.15, -0.1) is 0 Å². The summed E-state index contributed by atoms with van der Waals surface area (Å²) in [6, 6.07) is -0.199. The van der Waals surface area contributed by atoms with Crippen molar-refractivity contribution < 1.29 is 4.79 Å². The molecule has 1 saturated heterocycles. The SMILES string of the molecule is NC(=O)C1CCN1N. The molecule has 0 bridgehead atoms. The van der Waals surface area contributed by atoms with Crippen LogP contribution in [0.2, 0.25) is 0 Å². The Morgan fingerprint density at radius 1 is 1.75 bits per heavy atom. The molecule has 1 rings (SSSR count). The highest BCUT2D eigenvalue weighted by atomic mass is 16.1. The third kappa shape index (κ3) is 0.677. The molecule has 0 spiro atoms. The highest BCUT2D eigenvalue weighted by Gasteiger charge is 2.29. The quantitative estimate of drug-likeness (QED) is 0.405. The summed E-state index contributed by atoms with van der Waals surface area (Å²) >= 11 is 0. The highest BCUT2D eigenvalue weighted by molar-refractivity contribution is 5.80. The lowest BCUT2D eigenvalue weighted by atomic mass is 10.1. The fourth-order valence-corrected chi connectivity index (χ4v) is 0.713. The molecule has 46 valence electrons. The van der Waals surface area contributed by atoms with Crippen LogP contribution >= 0.6 is 0 Å². The number of hydrogen-bond donors (Lipinski definition) is 2. The van der Waals surface area contributed by atoms with Crippen LogP contribution in [0.5, 0.6) is 0 Å². The van der Waals surface area contributed by atoms with Gasteiger partial charge in [0.2, 0.25) is 5.91 Å². The fraction of sp³-hybridized carbons (Fsp3) is 0.750. The van der Waals surface area contributed by atoms with Crippen LogP contribution in [0.1, 0.15) is 6.42 Å². The van der Waals surface area contributed by atoms with E-state index in [0.717, 1.165) is 13.0 Å². The van der Waals surface area contributed by atoms with Crippen molar-refractivity contribution in [2.75, 3.05) is 6.54 Å². The topological polar surface area (TPSA) is 72.4 Å². The minimum absolute atomic E-state index is 0.199. The van der Waals surface area contributed by atoms with Crippen LogP contribution in [0.25, 0.3) is 0 Å². The summed E-state index contributed by atoms with van der Waals surface area (Å²) in [5.41, 5.74) is 4.93. The Morgan fingerprint density at radius 3 is 2.38 bits per heavy atom. The molecule has 1 fully saturated rings. The molecule has 4 N–H and O–H groups in total. The molecule has 1 atom stereocenters. The lowest BCUT2D eigenvalue weighted by Crippen LogP contribution is -2.58. The van der Waals surface area contributed by atoms with Crippen LogP contribution in [0, 0.1) is 0 Å². The molecular weight excluding hydrogens is 106 g/mol. The Morgan fingerprint density at radius 2 is 2.38 bits per heavy atom. The monoisotopic (exact) mass is 115 g/mol. The third-order valence-corrected chi connectivity index (χ3v) is 1.39. The van der Waals surface area contributed by atoms with Crippen LogP contribution in [-0.4, -0.2) is 23.5 Å². The third-order valence-electron chi connectivity index (χ3n) is 1.39. The summed E-state index contributed by atoms with van der Waals surface area (Å²) in [6.07, 6.45) is 0.811. The van der Waals surface area contributed by atoms with Gasteiger partial charge in [-0.2, -0.15) is 0 Å². The van der Waals surface area contributed by atoms with E-state index in [1.54, 1.807) is 0 Å². The average molecular weight is 115 g/mol. The van der Waals surface area contributed by atoms with Crippen LogP contribution < -0.4 is 11.6 Å². The molecule has 0 radical (unpaired) electrons. The minimum Gasteiger partial charge on any atom is -0.368 e. The van der Waals surface area contributed by atoms with E-state index < -0.39 is 0 Å². The maximum atomic E-state index is 10.3. The fourth-order valence-electron chi connectivity index (χ4n) is 0.713. The predicted octanol–water partition coefficient (Wildman–Crippen LogP) is -1.58. The second-order valence-corrected chi connectivity index (χ2v) is 1.94. The van der Waals surface area contributed by atoms with Gasteiger partial charge < -0.3 is 5.73 Å². The van der Waals surface area contributed by atoms with Crippen molar-refractivity contribution in [3.63, 3.8) is 0 Å². The van der Waals surface area contributed by atoms with Crippen LogP contribution in [0.3, 0.4) is 0 Å². The van der Waals surface area contributed by atoms with E-state index in [-0.39, 0.29) is 11.9 Å². The molecule has 0 aliphatic carbocycles. The van der Waals surface area contributed by atoms with Gasteiger partial charge in [0.05, 0.1) is 0 Å². The van der Waals surface area contributed by atoms with Crippen LogP contribution in [-0.2, 0) is 4.79 Å².